The van der Waals surface area contributed by atoms with Crippen LogP contribution < -0.4 is 5.56 Å². The van der Waals surface area contributed by atoms with Crippen LogP contribution in [0.25, 0.3) is 0 Å². The summed E-state index contributed by atoms with van der Waals surface area (Å²) in [5.74, 6) is -0.208. The molecule has 7 heteroatoms. The number of carbonyl (C=O) groups excluding carboxylic acids is 1. The second-order valence-corrected chi connectivity index (χ2v) is 5.91. The van der Waals surface area contributed by atoms with Gasteiger partial charge in [-0.2, -0.15) is 5.10 Å². The second-order valence-electron chi connectivity index (χ2n) is 5.91. The second kappa shape index (κ2) is 6.36. The van der Waals surface area contributed by atoms with Gasteiger partial charge in [-0.3, -0.25) is 9.59 Å². The van der Waals surface area contributed by atoms with Gasteiger partial charge in [0.1, 0.15) is 5.69 Å². The molecule has 0 bridgehead atoms. The van der Waals surface area contributed by atoms with Crippen LogP contribution in [-0.4, -0.2) is 70.3 Å². The molecule has 2 rings (SSSR count). The molecule has 1 aromatic heterocycles. The maximum Gasteiger partial charge on any atom is 0.274 e. The molecular formula is C14H22N4O3. The van der Waals surface area contributed by atoms with Crippen LogP contribution in [0.2, 0.25) is 0 Å². The van der Waals surface area contributed by atoms with Crippen LogP contribution in [0.3, 0.4) is 0 Å². The van der Waals surface area contributed by atoms with E-state index in [-0.39, 0.29) is 17.2 Å². The van der Waals surface area contributed by atoms with Crippen molar-refractivity contribution < 1.29 is 9.90 Å². The fourth-order valence-electron chi connectivity index (χ4n) is 2.75. The molecule has 116 valence electrons. The monoisotopic (exact) mass is 294 g/mol. The fourth-order valence-corrected chi connectivity index (χ4v) is 2.75. The topological polar surface area (TPSA) is 89.5 Å². The summed E-state index contributed by atoms with van der Waals surface area (Å²) in [6.45, 7) is 1.67. The molecular weight excluding hydrogens is 272 g/mol. The van der Waals surface area contributed by atoms with Crippen molar-refractivity contribution in [2.75, 3.05) is 33.7 Å². The zero-order chi connectivity index (χ0) is 15.5. The summed E-state index contributed by atoms with van der Waals surface area (Å²) in [6.07, 6.45) is 1.97. The minimum Gasteiger partial charge on any atom is -0.388 e. The lowest BCUT2D eigenvalue weighted by Gasteiger charge is -2.29. The summed E-state index contributed by atoms with van der Waals surface area (Å²) in [7, 11) is 3.85. The highest BCUT2D eigenvalue weighted by Gasteiger charge is 2.32. The molecule has 7 nitrogen and oxygen atoms in total. The van der Waals surface area contributed by atoms with Crippen LogP contribution >= 0.6 is 0 Å². The first-order chi connectivity index (χ1) is 9.89. The van der Waals surface area contributed by atoms with E-state index in [9.17, 15) is 14.7 Å². The molecule has 2 N–H and O–H groups in total. The molecule has 0 radical (unpaired) electrons. The molecule has 0 saturated carbocycles. The van der Waals surface area contributed by atoms with E-state index in [1.165, 1.54) is 12.1 Å². The SMILES string of the molecule is CN(C)C[C@]1(O)CCCN(C(=O)c2ccc(=O)[nH]n2)CC1. The van der Waals surface area contributed by atoms with Gasteiger partial charge in [0.15, 0.2) is 0 Å². The van der Waals surface area contributed by atoms with E-state index in [0.29, 0.717) is 32.5 Å². The van der Waals surface area contributed by atoms with E-state index in [4.69, 9.17) is 0 Å². The van der Waals surface area contributed by atoms with Crippen molar-refractivity contribution >= 4 is 5.91 Å². The minimum absolute atomic E-state index is 0.208. The van der Waals surface area contributed by atoms with Crippen molar-refractivity contribution in [3.63, 3.8) is 0 Å². The first kappa shape index (κ1) is 15.7. The van der Waals surface area contributed by atoms with Gasteiger partial charge in [0, 0.05) is 25.7 Å². The number of likely N-dealkylation sites (tertiary alicyclic amines) is 1. The van der Waals surface area contributed by atoms with E-state index < -0.39 is 5.60 Å². The molecule has 0 aliphatic carbocycles. The molecule has 0 aromatic carbocycles. The van der Waals surface area contributed by atoms with E-state index >= 15 is 0 Å². The number of aromatic nitrogens is 2. The third kappa shape index (κ3) is 4.12. The molecule has 0 spiro atoms. The van der Waals surface area contributed by atoms with Crippen molar-refractivity contribution in [3.05, 3.63) is 28.2 Å². The lowest BCUT2D eigenvalue weighted by Crippen LogP contribution is -2.41. The smallest absolute Gasteiger partial charge is 0.274 e. The number of likely N-dealkylation sites (N-methyl/N-ethyl adjacent to an activating group) is 1. The van der Waals surface area contributed by atoms with Crippen molar-refractivity contribution in [1.82, 2.24) is 20.0 Å². The number of aliphatic hydroxyl groups is 1. The number of aromatic amines is 1. The predicted molar refractivity (Wildman–Crippen MR) is 78.1 cm³/mol. The summed E-state index contributed by atoms with van der Waals surface area (Å²) in [4.78, 5) is 27.0. The summed E-state index contributed by atoms with van der Waals surface area (Å²) in [5.41, 5.74) is -0.854. The Kier molecular flexibility index (Phi) is 4.74. The van der Waals surface area contributed by atoms with Gasteiger partial charge in [-0.05, 0) is 39.4 Å². The Labute approximate surface area is 123 Å². The van der Waals surface area contributed by atoms with Crippen molar-refractivity contribution in [2.24, 2.45) is 0 Å². The van der Waals surface area contributed by atoms with Gasteiger partial charge in [0.2, 0.25) is 0 Å². The highest BCUT2D eigenvalue weighted by molar-refractivity contribution is 5.92. The van der Waals surface area contributed by atoms with Crippen molar-refractivity contribution in [2.45, 2.75) is 24.9 Å². The summed E-state index contributed by atoms with van der Waals surface area (Å²) in [6, 6.07) is 2.72. The zero-order valence-electron chi connectivity index (χ0n) is 12.5. The third-order valence-corrected chi connectivity index (χ3v) is 3.71. The fraction of sp³-hybridized carbons (Fsp3) is 0.643. The van der Waals surface area contributed by atoms with E-state index in [1.54, 1.807) is 4.90 Å². The molecule has 21 heavy (non-hydrogen) atoms. The molecule has 2 heterocycles. The van der Waals surface area contributed by atoms with Gasteiger partial charge < -0.3 is 14.9 Å². The Balaban J connectivity index is 2.04. The van der Waals surface area contributed by atoms with Crippen LogP contribution in [0.15, 0.2) is 16.9 Å². The molecule has 1 aliphatic rings. The number of nitrogens with one attached hydrogen (secondary N) is 1. The summed E-state index contributed by atoms with van der Waals surface area (Å²) >= 11 is 0. The molecule has 1 amide bonds. The lowest BCUT2D eigenvalue weighted by atomic mass is 9.94. The zero-order valence-corrected chi connectivity index (χ0v) is 12.5. The average molecular weight is 294 g/mol. The van der Waals surface area contributed by atoms with Crippen LogP contribution in [0.4, 0.5) is 0 Å². The van der Waals surface area contributed by atoms with Gasteiger partial charge in [-0.15, -0.1) is 0 Å². The molecule has 1 atom stereocenters. The first-order valence-corrected chi connectivity index (χ1v) is 7.12. The number of hydrogen-bond acceptors (Lipinski definition) is 5. The summed E-state index contributed by atoms with van der Waals surface area (Å²) in [5, 5.41) is 16.6. The van der Waals surface area contributed by atoms with E-state index in [0.717, 1.165) is 6.42 Å². The van der Waals surface area contributed by atoms with Crippen LogP contribution in [0, 0.1) is 0 Å². The third-order valence-electron chi connectivity index (χ3n) is 3.71. The Morgan fingerprint density at radius 2 is 2.19 bits per heavy atom. The highest BCUT2D eigenvalue weighted by atomic mass is 16.3. The maximum atomic E-state index is 12.3. The molecule has 0 unspecified atom stereocenters. The van der Waals surface area contributed by atoms with Crippen molar-refractivity contribution in [3.8, 4) is 0 Å². The Hall–Kier alpha value is -1.73. The number of amides is 1. The number of nitrogens with zero attached hydrogens (tertiary/aromatic N) is 3. The maximum absolute atomic E-state index is 12.3. The van der Waals surface area contributed by atoms with Crippen LogP contribution in [0.1, 0.15) is 29.8 Å². The Bertz CT molecular complexity index is 537. The largest absolute Gasteiger partial charge is 0.388 e. The molecule has 1 saturated heterocycles. The lowest BCUT2D eigenvalue weighted by molar-refractivity contribution is 0.00303. The molecule has 1 aliphatic heterocycles. The van der Waals surface area contributed by atoms with Crippen LogP contribution in [-0.2, 0) is 0 Å². The number of H-pyrrole nitrogens is 1. The average Bonchev–Trinajstić information content (AvgIpc) is 2.60. The number of carbonyl (C=O) groups is 1. The molecule has 1 aromatic rings. The van der Waals surface area contributed by atoms with Gasteiger partial charge >= 0.3 is 0 Å². The molecule has 1 fully saturated rings. The van der Waals surface area contributed by atoms with Gasteiger partial charge in [-0.25, -0.2) is 5.10 Å². The normalized spacial score (nSPS) is 23.1. The minimum atomic E-state index is -0.753. The Morgan fingerprint density at radius 1 is 1.43 bits per heavy atom. The standard InChI is InChI=1S/C14H22N4O3/c1-17(2)10-14(21)6-3-8-18(9-7-14)13(20)11-4-5-12(19)16-15-11/h4-5,21H,3,6-10H2,1-2H3,(H,16,19)/t14-/m0/s1. The number of rotatable bonds is 3. The van der Waals surface area contributed by atoms with Gasteiger partial charge in [0.25, 0.3) is 11.5 Å². The van der Waals surface area contributed by atoms with Gasteiger partial charge in [0.05, 0.1) is 5.60 Å². The quantitative estimate of drug-likeness (QED) is 0.798. The van der Waals surface area contributed by atoms with Gasteiger partial charge in [-0.1, -0.05) is 0 Å². The predicted octanol–water partition coefficient (Wildman–Crippen LogP) is -0.311. The highest BCUT2D eigenvalue weighted by Crippen LogP contribution is 2.23. The van der Waals surface area contributed by atoms with E-state index in [1.807, 2.05) is 19.0 Å². The summed E-state index contributed by atoms with van der Waals surface area (Å²) < 4.78 is 0. The van der Waals surface area contributed by atoms with E-state index in [2.05, 4.69) is 10.2 Å². The van der Waals surface area contributed by atoms with Crippen LogP contribution in [0.5, 0.6) is 0 Å². The van der Waals surface area contributed by atoms with Crippen molar-refractivity contribution in [1.29, 1.82) is 0 Å². The number of hydrogen-bond donors (Lipinski definition) is 2. The first-order valence-electron chi connectivity index (χ1n) is 7.12. The Morgan fingerprint density at radius 3 is 2.81 bits per heavy atom.